The van der Waals surface area contributed by atoms with Gasteiger partial charge in [0.25, 0.3) is 23.2 Å². The number of alkyl halides is 3. The zero-order valence-corrected chi connectivity index (χ0v) is 22.0. The van der Waals surface area contributed by atoms with Gasteiger partial charge < -0.3 is 5.32 Å². The van der Waals surface area contributed by atoms with Gasteiger partial charge in [0.2, 0.25) is 9.84 Å². The van der Waals surface area contributed by atoms with E-state index >= 15 is 0 Å². The molecule has 0 unspecified atom stereocenters. The van der Waals surface area contributed by atoms with Gasteiger partial charge in [0.15, 0.2) is 5.69 Å². The Morgan fingerprint density at radius 1 is 0.721 bits per heavy atom. The number of nitrogens with one attached hydrogen (secondary N) is 1. The number of carbonyl (C=O) groups is 2. The molecule has 218 valence electrons. The molecular formula is C27H15F3N4O8S. The van der Waals surface area contributed by atoms with Crippen molar-refractivity contribution in [3.05, 3.63) is 122 Å². The molecule has 4 aromatic rings. The molecule has 12 nitrogen and oxygen atoms in total. The van der Waals surface area contributed by atoms with Gasteiger partial charge in [-0.2, -0.15) is 13.2 Å². The molecule has 1 N–H and O–H groups in total. The summed E-state index contributed by atoms with van der Waals surface area (Å²) >= 11 is 0. The van der Waals surface area contributed by atoms with E-state index in [-0.39, 0.29) is 44.4 Å². The van der Waals surface area contributed by atoms with Crippen LogP contribution in [0.25, 0.3) is 0 Å². The van der Waals surface area contributed by atoms with Gasteiger partial charge in [-0.15, -0.1) is 0 Å². The minimum atomic E-state index is -5.09. The fourth-order valence-electron chi connectivity index (χ4n) is 4.39. The number of nitro benzene ring substituents is 2. The highest BCUT2D eigenvalue weighted by Gasteiger charge is 2.38. The van der Waals surface area contributed by atoms with Gasteiger partial charge in [0.05, 0.1) is 42.0 Å². The van der Waals surface area contributed by atoms with Gasteiger partial charge in [-0.05, 0) is 60.7 Å². The topological polar surface area (TPSA) is 170 Å². The number of imide groups is 1. The Balaban J connectivity index is 1.41. The average molecular weight is 612 g/mol. The largest absolute Gasteiger partial charge is 0.416 e. The molecule has 16 heteroatoms. The van der Waals surface area contributed by atoms with Gasteiger partial charge >= 0.3 is 6.18 Å². The number of nitrogens with zero attached hydrogens (tertiary/aromatic N) is 3. The van der Waals surface area contributed by atoms with Gasteiger partial charge in [0, 0.05) is 17.8 Å². The average Bonchev–Trinajstić information content (AvgIpc) is 3.22. The van der Waals surface area contributed by atoms with E-state index in [9.17, 15) is 51.4 Å². The number of hydrogen-bond acceptors (Lipinski definition) is 9. The van der Waals surface area contributed by atoms with Crippen molar-refractivity contribution < 1.29 is 41.0 Å². The summed E-state index contributed by atoms with van der Waals surface area (Å²) < 4.78 is 65.9. The van der Waals surface area contributed by atoms with Crippen LogP contribution < -0.4 is 10.2 Å². The van der Waals surface area contributed by atoms with Crippen LogP contribution in [0.15, 0.2) is 94.7 Å². The molecule has 0 spiro atoms. The highest BCUT2D eigenvalue weighted by Crippen LogP contribution is 2.42. The van der Waals surface area contributed by atoms with Crippen LogP contribution in [-0.4, -0.2) is 30.1 Å². The number of fused-ring (bicyclic) bond motifs is 1. The maximum absolute atomic E-state index is 13.2. The minimum Gasteiger partial charge on any atom is -0.344 e. The summed E-state index contributed by atoms with van der Waals surface area (Å²) in [5.74, 6) is -1.12. The molecule has 0 atom stereocenters. The SMILES string of the molecule is O=C1c2ccccc2C(=O)N1c1ccc(S(=O)(=O)c2ccc(Nc3c([N+](=O)[O-])cc(C(F)(F)F)cc3[N+](=O)[O-])cc2)cc1. The lowest BCUT2D eigenvalue weighted by Gasteiger charge is -2.14. The number of carbonyl (C=O) groups excluding carboxylic acids is 2. The van der Waals surface area contributed by atoms with Crippen molar-refractivity contribution in [1.29, 1.82) is 0 Å². The molecule has 1 aliphatic rings. The number of rotatable bonds is 7. The predicted octanol–water partition coefficient (Wildman–Crippen LogP) is 5.90. The fraction of sp³-hybridized carbons (Fsp3) is 0.0370. The van der Waals surface area contributed by atoms with E-state index in [4.69, 9.17) is 0 Å². The first-order chi connectivity index (χ1) is 20.2. The van der Waals surface area contributed by atoms with E-state index in [1.54, 1.807) is 12.1 Å². The molecule has 0 aromatic heterocycles. The number of halogens is 3. The first-order valence-electron chi connectivity index (χ1n) is 11.9. The third-order valence-corrected chi connectivity index (χ3v) is 8.24. The number of hydrogen-bond donors (Lipinski definition) is 1. The second kappa shape index (κ2) is 10.3. The van der Waals surface area contributed by atoms with Gasteiger partial charge in [0.1, 0.15) is 0 Å². The Morgan fingerprint density at radius 3 is 1.58 bits per heavy atom. The van der Waals surface area contributed by atoms with E-state index in [1.165, 1.54) is 36.4 Å². The van der Waals surface area contributed by atoms with Crippen molar-refractivity contribution in [1.82, 2.24) is 0 Å². The second-order valence-corrected chi connectivity index (χ2v) is 11.0. The quantitative estimate of drug-likeness (QED) is 0.152. The van der Waals surface area contributed by atoms with Crippen LogP contribution in [0.2, 0.25) is 0 Å². The van der Waals surface area contributed by atoms with Crippen LogP contribution in [0.3, 0.4) is 0 Å². The Bertz CT molecular complexity index is 1870. The summed E-state index contributed by atoms with van der Waals surface area (Å²) in [5.41, 5.74) is -4.37. The lowest BCUT2D eigenvalue weighted by atomic mass is 10.1. The van der Waals surface area contributed by atoms with Crippen LogP contribution >= 0.6 is 0 Å². The first kappa shape index (κ1) is 28.9. The highest BCUT2D eigenvalue weighted by atomic mass is 32.2. The number of benzene rings is 4. The standard InChI is InChI=1S/C27H15F3N4O8S/c28-27(29,30)15-13-22(33(37)38)24(23(14-15)34(39)40)31-16-5-9-18(10-6-16)43(41,42)19-11-7-17(8-12-19)32-25(35)20-3-1-2-4-21(20)26(32)36/h1-14,31H. The molecule has 5 rings (SSSR count). The summed E-state index contributed by atoms with van der Waals surface area (Å²) in [6, 6.07) is 15.9. The number of sulfone groups is 1. The van der Waals surface area contributed by atoms with Crippen molar-refractivity contribution in [2.24, 2.45) is 0 Å². The molecular weight excluding hydrogens is 597 g/mol. The highest BCUT2D eigenvalue weighted by molar-refractivity contribution is 7.91. The van der Waals surface area contributed by atoms with Crippen molar-refractivity contribution in [2.45, 2.75) is 16.0 Å². The molecule has 1 aliphatic heterocycles. The molecule has 2 amide bonds. The lowest BCUT2D eigenvalue weighted by molar-refractivity contribution is -0.392. The van der Waals surface area contributed by atoms with Crippen LogP contribution in [0.1, 0.15) is 26.3 Å². The van der Waals surface area contributed by atoms with Crippen molar-refractivity contribution >= 4 is 50.1 Å². The lowest BCUT2D eigenvalue weighted by Crippen LogP contribution is -2.29. The summed E-state index contributed by atoms with van der Waals surface area (Å²) in [6.07, 6.45) is -5.09. The van der Waals surface area contributed by atoms with Gasteiger partial charge in [-0.1, -0.05) is 12.1 Å². The van der Waals surface area contributed by atoms with Crippen LogP contribution in [-0.2, 0) is 16.0 Å². The Morgan fingerprint density at radius 2 is 1.16 bits per heavy atom. The summed E-state index contributed by atoms with van der Waals surface area (Å²) in [5, 5.41) is 25.3. The number of nitro groups is 2. The van der Waals surface area contributed by atoms with Gasteiger partial charge in [-0.25, -0.2) is 13.3 Å². The van der Waals surface area contributed by atoms with E-state index < -0.39 is 60.3 Å². The maximum atomic E-state index is 13.2. The third kappa shape index (κ3) is 5.14. The molecule has 0 saturated carbocycles. The summed E-state index contributed by atoms with van der Waals surface area (Å²) in [7, 11) is -4.17. The zero-order valence-electron chi connectivity index (χ0n) is 21.2. The third-order valence-electron chi connectivity index (χ3n) is 6.45. The molecule has 4 aromatic carbocycles. The molecule has 0 saturated heterocycles. The van der Waals surface area contributed by atoms with E-state index in [1.807, 2.05) is 0 Å². The zero-order chi connectivity index (χ0) is 31.3. The maximum Gasteiger partial charge on any atom is 0.416 e. The fourth-order valence-corrected chi connectivity index (χ4v) is 5.65. The monoisotopic (exact) mass is 612 g/mol. The normalized spacial score (nSPS) is 13.1. The second-order valence-electron chi connectivity index (χ2n) is 9.04. The van der Waals surface area contributed by atoms with Crippen molar-refractivity contribution in [3.8, 4) is 0 Å². The van der Waals surface area contributed by atoms with Gasteiger partial charge in [-0.3, -0.25) is 29.8 Å². The van der Waals surface area contributed by atoms with E-state index in [0.717, 1.165) is 29.2 Å². The first-order valence-corrected chi connectivity index (χ1v) is 13.4. The molecule has 43 heavy (non-hydrogen) atoms. The molecule has 0 aliphatic carbocycles. The van der Waals surface area contributed by atoms with E-state index in [2.05, 4.69) is 5.32 Å². The molecule has 0 bridgehead atoms. The smallest absolute Gasteiger partial charge is 0.344 e. The Hall–Kier alpha value is -5.64. The van der Waals surface area contributed by atoms with Crippen LogP contribution in [0, 0.1) is 20.2 Å². The van der Waals surface area contributed by atoms with Crippen LogP contribution in [0.5, 0.6) is 0 Å². The predicted molar refractivity (Wildman–Crippen MR) is 144 cm³/mol. The minimum absolute atomic E-state index is 0.0918. The summed E-state index contributed by atoms with van der Waals surface area (Å²) in [6.45, 7) is 0. The molecule has 0 fully saturated rings. The Kier molecular flexibility index (Phi) is 6.93. The number of anilines is 3. The van der Waals surface area contributed by atoms with Crippen molar-refractivity contribution in [3.63, 3.8) is 0 Å². The molecule has 1 heterocycles. The number of amides is 2. The van der Waals surface area contributed by atoms with Crippen LogP contribution in [0.4, 0.5) is 41.6 Å². The summed E-state index contributed by atoms with van der Waals surface area (Å²) in [4.78, 5) is 46.4. The van der Waals surface area contributed by atoms with Crippen molar-refractivity contribution in [2.75, 3.05) is 10.2 Å². The molecule has 0 radical (unpaired) electrons. The Labute approximate surface area is 239 Å². The van der Waals surface area contributed by atoms with E-state index in [0.29, 0.717) is 0 Å².